The lowest BCUT2D eigenvalue weighted by Crippen LogP contribution is -2.12. The number of nitrogens with one attached hydrogen (secondary N) is 1. The number of ether oxygens (including phenoxy) is 1. The van der Waals surface area contributed by atoms with Crippen LogP contribution in [0.5, 0.6) is 0 Å². The van der Waals surface area contributed by atoms with Crippen LogP contribution in [0.2, 0.25) is 0 Å². The maximum absolute atomic E-state index is 11.7. The smallest absolute Gasteiger partial charge is 0.311 e. The van der Waals surface area contributed by atoms with Crippen molar-refractivity contribution in [3.05, 3.63) is 27.7 Å². The van der Waals surface area contributed by atoms with Gasteiger partial charge in [-0.1, -0.05) is 0 Å². The molecule has 8 heteroatoms. The number of nitrogens with zero attached hydrogens (tertiary/aromatic N) is 2. The Hall–Kier alpha value is -1.80. The van der Waals surface area contributed by atoms with Gasteiger partial charge in [-0.15, -0.1) is 22.7 Å². The van der Waals surface area contributed by atoms with Crippen LogP contribution < -0.4 is 5.32 Å². The number of thiazole rings is 2. The fourth-order valence-corrected chi connectivity index (χ4v) is 2.39. The molecule has 0 unspecified atom stereocenters. The molecule has 0 saturated carbocycles. The van der Waals surface area contributed by atoms with Crippen LogP contribution in [-0.4, -0.2) is 29.0 Å². The lowest BCUT2D eigenvalue weighted by Gasteiger charge is -1.97. The van der Waals surface area contributed by atoms with Crippen LogP contribution in [0.1, 0.15) is 16.2 Å². The van der Waals surface area contributed by atoms with E-state index in [0.29, 0.717) is 16.5 Å². The minimum Gasteiger partial charge on any atom is -0.469 e. The Bertz CT molecular complexity index is 550. The molecule has 0 aliphatic carbocycles. The first kappa shape index (κ1) is 12.7. The Morgan fingerprint density at radius 3 is 2.94 bits per heavy atom. The SMILES string of the molecule is COC(=O)Cc1csc(NC(=O)c2cscn2)n1. The third-order valence-electron chi connectivity index (χ3n) is 1.99. The molecule has 1 N–H and O–H groups in total. The summed E-state index contributed by atoms with van der Waals surface area (Å²) in [5, 5.41) is 6.41. The molecule has 0 aromatic carbocycles. The highest BCUT2D eigenvalue weighted by Crippen LogP contribution is 2.17. The summed E-state index contributed by atoms with van der Waals surface area (Å²) < 4.78 is 4.53. The van der Waals surface area contributed by atoms with Crippen molar-refractivity contribution < 1.29 is 14.3 Å². The first-order valence-electron chi connectivity index (χ1n) is 4.90. The number of methoxy groups -OCH3 is 1. The van der Waals surface area contributed by atoms with Crippen molar-refractivity contribution in [2.75, 3.05) is 12.4 Å². The average Bonchev–Trinajstić information content (AvgIpc) is 3.00. The number of aromatic nitrogens is 2. The van der Waals surface area contributed by atoms with E-state index in [1.165, 1.54) is 29.8 Å². The molecule has 2 aromatic heterocycles. The van der Waals surface area contributed by atoms with Crippen molar-refractivity contribution in [1.82, 2.24) is 9.97 Å². The lowest BCUT2D eigenvalue weighted by atomic mass is 10.3. The van der Waals surface area contributed by atoms with Gasteiger partial charge in [-0.2, -0.15) is 0 Å². The lowest BCUT2D eigenvalue weighted by molar-refractivity contribution is -0.139. The summed E-state index contributed by atoms with van der Waals surface area (Å²) in [6.45, 7) is 0. The minimum atomic E-state index is -0.363. The molecule has 0 bridgehead atoms. The van der Waals surface area contributed by atoms with E-state index in [4.69, 9.17) is 0 Å². The molecular weight excluding hydrogens is 274 g/mol. The molecule has 2 rings (SSSR count). The molecule has 6 nitrogen and oxygen atoms in total. The highest BCUT2D eigenvalue weighted by Gasteiger charge is 2.12. The van der Waals surface area contributed by atoms with Gasteiger partial charge in [0.15, 0.2) is 5.13 Å². The van der Waals surface area contributed by atoms with E-state index in [-0.39, 0.29) is 18.3 Å². The average molecular weight is 283 g/mol. The molecule has 18 heavy (non-hydrogen) atoms. The van der Waals surface area contributed by atoms with Crippen LogP contribution in [0.15, 0.2) is 16.3 Å². The fraction of sp³-hybridized carbons (Fsp3) is 0.200. The van der Waals surface area contributed by atoms with Gasteiger partial charge >= 0.3 is 5.97 Å². The van der Waals surface area contributed by atoms with E-state index < -0.39 is 0 Å². The van der Waals surface area contributed by atoms with Crippen LogP contribution in [0.4, 0.5) is 5.13 Å². The molecule has 0 spiro atoms. The quantitative estimate of drug-likeness (QED) is 0.861. The number of esters is 1. The summed E-state index contributed by atoms with van der Waals surface area (Å²) in [4.78, 5) is 30.7. The van der Waals surface area contributed by atoms with Gasteiger partial charge in [0.1, 0.15) is 5.69 Å². The number of carbonyl (C=O) groups excluding carboxylic acids is 2. The van der Waals surface area contributed by atoms with E-state index in [1.54, 1.807) is 16.3 Å². The van der Waals surface area contributed by atoms with Crippen LogP contribution >= 0.6 is 22.7 Å². The normalized spacial score (nSPS) is 10.1. The number of amides is 1. The molecule has 0 saturated heterocycles. The summed E-state index contributed by atoms with van der Waals surface area (Å²) in [6.07, 6.45) is 0.0968. The maximum atomic E-state index is 11.7. The monoisotopic (exact) mass is 283 g/mol. The van der Waals surface area contributed by atoms with E-state index in [2.05, 4.69) is 20.0 Å². The summed E-state index contributed by atoms with van der Waals surface area (Å²) in [6, 6.07) is 0. The van der Waals surface area contributed by atoms with E-state index >= 15 is 0 Å². The number of hydrogen-bond acceptors (Lipinski definition) is 7. The standard InChI is InChI=1S/C10H9N3O3S2/c1-16-8(14)2-6-3-18-10(12-6)13-9(15)7-4-17-5-11-7/h3-5H,2H2,1H3,(H,12,13,15). The third-order valence-corrected chi connectivity index (χ3v) is 3.38. The van der Waals surface area contributed by atoms with Crippen molar-refractivity contribution >= 4 is 39.7 Å². The Balaban J connectivity index is 1.98. The van der Waals surface area contributed by atoms with Gasteiger partial charge in [0.2, 0.25) is 0 Å². The topological polar surface area (TPSA) is 81.2 Å². The molecule has 0 atom stereocenters. The molecule has 0 radical (unpaired) electrons. The Morgan fingerprint density at radius 2 is 2.28 bits per heavy atom. The third kappa shape index (κ3) is 3.11. The van der Waals surface area contributed by atoms with E-state index in [9.17, 15) is 9.59 Å². The van der Waals surface area contributed by atoms with Crippen molar-refractivity contribution in [1.29, 1.82) is 0 Å². The van der Waals surface area contributed by atoms with Gasteiger partial charge in [-0.05, 0) is 0 Å². The second-order valence-corrected chi connectivity index (χ2v) is 4.80. The molecule has 2 aromatic rings. The molecular formula is C10H9N3O3S2. The van der Waals surface area contributed by atoms with Gasteiger partial charge in [0.25, 0.3) is 5.91 Å². The van der Waals surface area contributed by atoms with E-state index in [1.807, 2.05) is 0 Å². The highest BCUT2D eigenvalue weighted by molar-refractivity contribution is 7.14. The second kappa shape index (κ2) is 5.69. The summed E-state index contributed by atoms with van der Waals surface area (Å²) in [5.41, 5.74) is 2.50. The second-order valence-electron chi connectivity index (χ2n) is 3.22. The van der Waals surface area contributed by atoms with Gasteiger partial charge in [0, 0.05) is 10.8 Å². The molecule has 2 heterocycles. The summed E-state index contributed by atoms with van der Waals surface area (Å²) >= 11 is 2.60. The summed E-state index contributed by atoms with van der Waals surface area (Å²) in [7, 11) is 1.32. The van der Waals surface area contributed by atoms with Gasteiger partial charge in [-0.25, -0.2) is 9.97 Å². The van der Waals surface area contributed by atoms with Gasteiger partial charge < -0.3 is 4.74 Å². The van der Waals surface area contributed by atoms with Crippen molar-refractivity contribution in [2.24, 2.45) is 0 Å². The Labute approximate surface area is 111 Å². The molecule has 1 amide bonds. The van der Waals surface area contributed by atoms with Crippen LogP contribution in [0.25, 0.3) is 0 Å². The van der Waals surface area contributed by atoms with Crippen molar-refractivity contribution in [2.45, 2.75) is 6.42 Å². The Morgan fingerprint density at radius 1 is 1.44 bits per heavy atom. The summed E-state index contributed by atoms with van der Waals surface area (Å²) in [5.74, 6) is -0.673. The van der Waals surface area contributed by atoms with Crippen LogP contribution in [-0.2, 0) is 16.0 Å². The van der Waals surface area contributed by atoms with E-state index in [0.717, 1.165) is 0 Å². The number of carbonyl (C=O) groups is 2. The first-order valence-corrected chi connectivity index (χ1v) is 6.72. The predicted octanol–water partition coefficient (Wildman–Crippen LogP) is 1.57. The van der Waals surface area contributed by atoms with Crippen molar-refractivity contribution in [3.63, 3.8) is 0 Å². The highest BCUT2D eigenvalue weighted by atomic mass is 32.1. The maximum Gasteiger partial charge on any atom is 0.311 e. The number of rotatable bonds is 4. The zero-order chi connectivity index (χ0) is 13.0. The first-order chi connectivity index (χ1) is 8.69. The number of anilines is 1. The van der Waals surface area contributed by atoms with Gasteiger partial charge in [0.05, 0.1) is 24.7 Å². The minimum absolute atomic E-state index is 0.0968. The fourth-order valence-electron chi connectivity index (χ4n) is 1.15. The predicted molar refractivity (Wildman–Crippen MR) is 67.9 cm³/mol. The molecule has 0 aliphatic heterocycles. The zero-order valence-corrected chi connectivity index (χ0v) is 11.0. The molecule has 0 fully saturated rings. The molecule has 94 valence electrons. The van der Waals surface area contributed by atoms with Crippen molar-refractivity contribution in [3.8, 4) is 0 Å². The Kier molecular flexibility index (Phi) is 4.00. The van der Waals surface area contributed by atoms with Crippen LogP contribution in [0.3, 0.4) is 0 Å². The largest absolute Gasteiger partial charge is 0.469 e. The zero-order valence-electron chi connectivity index (χ0n) is 9.37. The van der Waals surface area contributed by atoms with Crippen LogP contribution in [0, 0.1) is 0 Å². The van der Waals surface area contributed by atoms with Gasteiger partial charge in [-0.3, -0.25) is 14.9 Å². The number of hydrogen-bond donors (Lipinski definition) is 1. The molecule has 0 aliphatic rings.